The van der Waals surface area contributed by atoms with Gasteiger partial charge in [0, 0.05) is 19.6 Å². The number of hydrogen-bond donors (Lipinski definition) is 5. The van der Waals surface area contributed by atoms with E-state index in [0.29, 0.717) is 28.8 Å². The van der Waals surface area contributed by atoms with Crippen molar-refractivity contribution in [2.75, 3.05) is 19.8 Å². The zero-order chi connectivity index (χ0) is 38.3. The molecule has 1 atom stereocenters. The fourth-order valence-electron chi connectivity index (χ4n) is 5.66. The van der Waals surface area contributed by atoms with Crippen LogP contribution in [0.1, 0.15) is 62.6 Å². The molecule has 0 heterocycles. The molecule has 4 aromatic rings. The minimum absolute atomic E-state index is 0.00806. The third-order valence-electron chi connectivity index (χ3n) is 8.86. The van der Waals surface area contributed by atoms with Crippen molar-refractivity contribution in [1.82, 2.24) is 10.6 Å². The van der Waals surface area contributed by atoms with Gasteiger partial charge in [0.05, 0.1) is 24.3 Å². The van der Waals surface area contributed by atoms with E-state index >= 15 is 0 Å². The van der Waals surface area contributed by atoms with Crippen LogP contribution in [0.5, 0.6) is 0 Å². The van der Waals surface area contributed by atoms with Crippen molar-refractivity contribution in [2.45, 2.75) is 51.8 Å². The Hall–Kier alpha value is -4.75. The van der Waals surface area contributed by atoms with E-state index in [4.69, 9.17) is 5.11 Å². The van der Waals surface area contributed by atoms with Gasteiger partial charge in [-0.05, 0) is 101 Å². The number of halogens is 6. The van der Waals surface area contributed by atoms with E-state index in [2.05, 4.69) is 10.6 Å². The molecule has 0 aliphatic rings. The van der Waals surface area contributed by atoms with Crippen LogP contribution in [0.25, 0.3) is 35.4 Å². The minimum Gasteiger partial charge on any atom is -0.480 e. The van der Waals surface area contributed by atoms with Gasteiger partial charge in [-0.3, -0.25) is 10.1 Å². The second-order valence-corrected chi connectivity index (χ2v) is 12.6. The van der Waals surface area contributed by atoms with Crippen LogP contribution in [0.3, 0.4) is 0 Å². The number of carbonyl (C=O) groups is 1. The maximum atomic E-state index is 14.0. The zero-order valence-electron chi connectivity index (χ0n) is 28.8. The molecule has 0 radical (unpaired) electrons. The van der Waals surface area contributed by atoms with Crippen LogP contribution in [0.15, 0.2) is 72.8 Å². The van der Waals surface area contributed by atoms with Crippen LogP contribution in [0, 0.1) is 13.8 Å². The molecule has 0 saturated carbocycles. The Morgan fingerprint density at radius 2 is 1.12 bits per heavy atom. The first-order valence-electron chi connectivity index (χ1n) is 16.4. The van der Waals surface area contributed by atoms with Crippen molar-refractivity contribution in [2.24, 2.45) is 0 Å². The van der Waals surface area contributed by atoms with E-state index in [1.54, 1.807) is 36.4 Å². The number of aliphatic hydroxyl groups excluding tert-OH is 2. The number of aliphatic hydroxyl groups is 2. The van der Waals surface area contributed by atoms with E-state index in [1.807, 2.05) is 26.0 Å². The summed E-state index contributed by atoms with van der Waals surface area (Å²) in [4.78, 5) is 11.5. The highest BCUT2D eigenvalue weighted by atomic mass is 19.4. The fourth-order valence-corrected chi connectivity index (χ4v) is 5.66. The highest BCUT2D eigenvalue weighted by Crippen LogP contribution is 2.36. The van der Waals surface area contributed by atoms with Crippen molar-refractivity contribution >= 4 is 30.3 Å². The summed E-state index contributed by atoms with van der Waals surface area (Å²) in [7, 11) is 0. The van der Waals surface area contributed by atoms with Gasteiger partial charge in [0.1, 0.15) is 5.54 Å². The highest BCUT2D eigenvalue weighted by molar-refractivity contribution is 5.82. The minimum atomic E-state index is -4.66. The summed E-state index contributed by atoms with van der Waals surface area (Å²) in [5, 5.41) is 33.6. The second kappa shape index (κ2) is 16.7. The third-order valence-corrected chi connectivity index (χ3v) is 8.86. The average Bonchev–Trinajstić information content (AvgIpc) is 3.09. The zero-order valence-corrected chi connectivity index (χ0v) is 28.8. The van der Waals surface area contributed by atoms with Gasteiger partial charge in [-0.2, -0.15) is 26.3 Å². The molecule has 0 amide bonds. The number of benzene rings is 4. The molecular weight excluding hydrogens is 686 g/mol. The molecular formula is C40H40F6N2O4. The normalized spacial score (nSPS) is 13.6. The Balaban J connectivity index is 1.67. The molecule has 0 aliphatic heterocycles. The number of carboxylic acids is 1. The van der Waals surface area contributed by atoms with Gasteiger partial charge in [-0.1, -0.05) is 72.8 Å². The molecule has 0 bridgehead atoms. The number of alkyl halides is 6. The van der Waals surface area contributed by atoms with Gasteiger partial charge < -0.3 is 20.6 Å². The molecule has 5 N–H and O–H groups in total. The van der Waals surface area contributed by atoms with Gasteiger partial charge >= 0.3 is 18.3 Å². The molecule has 0 saturated heterocycles. The molecule has 6 nitrogen and oxygen atoms in total. The average molecular weight is 727 g/mol. The predicted octanol–water partition coefficient (Wildman–Crippen LogP) is 8.36. The quantitative estimate of drug-likeness (QED) is 0.0509. The third kappa shape index (κ3) is 9.77. The SMILES string of the molecule is Cc1c(/C=C/c2cc(CNCCO)ccc2C(F)(F)F)cccc1-c1cccc(/C=C/c2cc(CNC(C)(CO)C(=O)O)ccc2C(F)(F)F)c1C. The Morgan fingerprint density at radius 1 is 0.673 bits per heavy atom. The Labute approximate surface area is 298 Å². The molecule has 52 heavy (non-hydrogen) atoms. The van der Waals surface area contributed by atoms with Crippen LogP contribution in [0.2, 0.25) is 0 Å². The number of hydrogen-bond acceptors (Lipinski definition) is 5. The lowest BCUT2D eigenvalue weighted by Gasteiger charge is -2.24. The fraction of sp³-hybridized carbons (Fsp3) is 0.275. The summed E-state index contributed by atoms with van der Waals surface area (Å²) in [5.41, 5.74) is 1.97. The van der Waals surface area contributed by atoms with Gasteiger partial charge in [0.15, 0.2) is 0 Å². The van der Waals surface area contributed by atoms with Crippen molar-refractivity contribution in [3.8, 4) is 11.1 Å². The van der Waals surface area contributed by atoms with E-state index in [0.717, 1.165) is 34.4 Å². The summed E-state index contributed by atoms with van der Waals surface area (Å²) < 4.78 is 83.6. The van der Waals surface area contributed by atoms with Crippen molar-refractivity contribution < 1.29 is 46.5 Å². The van der Waals surface area contributed by atoms with Crippen molar-refractivity contribution in [3.63, 3.8) is 0 Å². The lowest BCUT2D eigenvalue weighted by atomic mass is 9.90. The molecule has 0 aromatic heterocycles. The molecule has 1 unspecified atom stereocenters. The molecule has 276 valence electrons. The van der Waals surface area contributed by atoms with Crippen LogP contribution >= 0.6 is 0 Å². The molecule has 4 aromatic carbocycles. The monoisotopic (exact) mass is 726 g/mol. The molecule has 0 aliphatic carbocycles. The maximum Gasteiger partial charge on any atom is 0.416 e. The smallest absolute Gasteiger partial charge is 0.416 e. The van der Waals surface area contributed by atoms with Crippen LogP contribution < -0.4 is 10.6 Å². The maximum absolute atomic E-state index is 14.0. The number of aliphatic carboxylic acids is 1. The number of carboxylic acid groups (broad SMARTS) is 1. The Kier molecular flexibility index (Phi) is 12.9. The molecule has 12 heteroatoms. The van der Waals surface area contributed by atoms with E-state index in [9.17, 15) is 41.4 Å². The van der Waals surface area contributed by atoms with Gasteiger partial charge in [-0.25, -0.2) is 0 Å². The second-order valence-electron chi connectivity index (χ2n) is 12.6. The van der Waals surface area contributed by atoms with Gasteiger partial charge in [-0.15, -0.1) is 0 Å². The number of nitrogens with one attached hydrogen (secondary N) is 2. The Bertz CT molecular complexity index is 1950. The lowest BCUT2D eigenvalue weighted by molar-refractivity contribution is -0.146. The summed E-state index contributed by atoms with van der Waals surface area (Å²) in [5.74, 6) is -1.31. The summed E-state index contributed by atoms with van der Waals surface area (Å²) in [6, 6.07) is 18.2. The first-order chi connectivity index (χ1) is 24.5. The first kappa shape index (κ1) is 40.0. The summed E-state index contributed by atoms with van der Waals surface area (Å²) >= 11 is 0. The van der Waals surface area contributed by atoms with E-state index < -0.39 is 41.6 Å². The van der Waals surface area contributed by atoms with Gasteiger partial charge in [0.25, 0.3) is 0 Å². The first-order valence-corrected chi connectivity index (χ1v) is 16.4. The summed E-state index contributed by atoms with van der Waals surface area (Å²) in [6.45, 7) is 4.61. The number of rotatable bonds is 14. The highest BCUT2D eigenvalue weighted by Gasteiger charge is 2.34. The van der Waals surface area contributed by atoms with Crippen molar-refractivity contribution in [3.05, 3.63) is 128 Å². The summed E-state index contributed by atoms with van der Waals surface area (Å²) in [6.07, 6.45) is -3.28. The standard InChI is InChI=1S/C40H40F6N2O4/c1-25-29(12-14-31-20-27(22-47-18-19-49)10-16-35(31)39(41,42)43)6-4-8-33(25)34-9-5-7-30(26(34)2)13-15-32-21-28(11-17-36(32)40(44,45)46)23-48-38(3,24-50)37(51)52/h4-17,20-21,47-50H,18-19,22-24H2,1-3H3,(H,51,52)/b14-12+,15-13+. The molecule has 0 spiro atoms. The topological polar surface area (TPSA) is 102 Å². The van der Waals surface area contributed by atoms with Crippen LogP contribution in [0.4, 0.5) is 26.3 Å². The largest absolute Gasteiger partial charge is 0.480 e. The molecule has 4 rings (SSSR count). The van der Waals surface area contributed by atoms with Crippen LogP contribution in [-0.4, -0.2) is 46.6 Å². The molecule has 0 fully saturated rings. The predicted molar refractivity (Wildman–Crippen MR) is 191 cm³/mol. The Morgan fingerprint density at radius 3 is 1.52 bits per heavy atom. The van der Waals surface area contributed by atoms with E-state index in [1.165, 1.54) is 43.3 Å². The lowest BCUT2D eigenvalue weighted by Crippen LogP contribution is -2.52. The van der Waals surface area contributed by atoms with E-state index in [-0.39, 0.29) is 30.8 Å². The van der Waals surface area contributed by atoms with Crippen molar-refractivity contribution in [1.29, 1.82) is 0 Å². The van der Waals surface area contributed by atoms with Gasteiger partial charge in [0.2, 0.25) is 0 Å². The van der Waals surface area contributed by atoms with Crippen LogP contribution in [-0.2, 0) is 30.2 Å².